The van der Waals surface area contributed by atoms with E-state index in [2.05, 4.69) is 25.6 Å². The van der Waals surface area contributed by atoms with Gasteiger partial charge in [-0.2, -0.15) is 8.42 Å². The molecule has 0 spiro atoms. The zero-order valence-electron chi connectivity index (χ0n) is 9.97. The van der Waals surface area contributed by atoms with Gasteiger partial charge in [0.05, 0.1) is 21.5 Å². The molecule has 102 valence electrons. The molecule has 0 fully saturated rings. The minimum absolute atomic E-state index is 0.0266. The average Bonchev–Trinajstić information content (AvgIpc) is 2.84. The van der Waals surface area contributed by atoms with E-state index in [-0.39, 0.29) is 5.03 Å². The molecule has 2 rings (SSSR count). The van der Waals surface area contributed by atoms with E-state index < -0.39 is 10.0 Å². The number of rotatable bonds is 4. The Hall–Kier alpha value is -1.05. The largest absolute Gasteiger partial charge is 0.336 e. The van der Waals surface area contributed by atoms with Crippen LogP contribution in [0.2, 0.25) is 5.02 Å². The fourth-order valence-electron chi connectivity index (χ4n) is 1.43. The quantitative estimate of drug-likeness (QED) is 0.906. The number of hydrogen-bond acceptors (Lipinski definition) is 3. The number of imidazole rings is 1. The van der Waals surface area contributed by atoms with Gasteiger partial charge in [0.1, 0.15) is 0 Å². The van der Waals surface area contributed by atoms with Gasteiger partial charge in [-0.15, -0.1) is 0 Å². The maximum atomic E-state index is 12.1. The maximum absolute atomic E-state index is 12.1. The van der Waals surface area contributed by atoms with Crippen molar-refractivity contribution in [2.75, 3.05) is 4.72 Å². The number of hydrogen-bond donors (Lipinski definition) is 1. The number of aryl methyl sites for hydroxylation is 1. The Morgan fingerprint density at radius 3 is 2.84 bits per heavy atom. The van der Waals surface area contributed by atoms with E-state index in [1.54, 1.807) is 22.8 Å². The number of sulfonamides is 1. The molecule has 0 amide bonds. The second-order valence-electron chi connectivity index (χ2n) is 3.75. The molecule has 1 aromatic heterocycles. The van der Waals surface area contributed by atoms with E-state index in [4.69, 9.17) is 11.6 Å². The van der Waals surface area contributed by atoms with Gasteiger partial charge in [0, 0.05) is 12.7 Å². The first-order chi connectivity index (χ1) is 8.94. The SMILES string of the molecule is CCn1cnc(S(=O)(=O)Nc2cccc(Cl)c2Br)c1. The van der Waals surface area contributed by atoms with Crippen molar-refractivity contribution in [3.8, 4) is 0 Å². The zero-order valence-corrected chi connectivity index (χ0v) is 13.1. The van der Waals surface area contributed by atoms with Crippen molar-refractivity contribution < 1.29 is 8.42 Å². The van der Waals surface area contributed by atoms with Crippen LogP contribution in [0, 0.1) is 0 Å². The molecule has 0 bridgehead atoms. The molecule has 0 unspecified atom stereocenters. The maximum Gasteiger partial charge on any atom is 0.280 e. The van der Waals surface area contributed by atoms with Gasteiger partial charge in [0.15, 0.2) is 5.03 Å². The van der Waals surface area contributed by atoms with Crippen molar-refractivity contribution in [3.63, 3.8) is 0 Å². The molecule has 8 heteroatoms. The summed E-state index contributed by atoms with van der Waals surface area (Å²) in [6, 6.07) is 4.94. The molecule has 19 heavy (non-hydrogen) atoms. The molecular weight excluding hydrogens is 354 g/mol. The normalized spacial score (nSPS) is 11.5. The second-order valence-corrected chi connectivity index (χ2v) is 6.58. The molecule has 1 aromatic carbocycles. The van der Waals surface area contributed by atoms with E-state index in [1.807, 2.05) is 6.92 Å². The Kier molecular flexibility index (Phi) is 4.17. The lowest BCUT2D eigenvalue weighted by molar-refractivity contribution is 0.598. The standard InChI is InChI=1S/C11H11BrClN3O2S/c1-2-16-6-10(14-7-16)19(17,18)15-9-5-3-4-8(13)11(9)12/h3-7,15H,2H2,1H3. The molecular formula is C11H11BrClN3O2S. The minimum Gasteiger partial charge on any atom is -0.336 e. The van der Waals surface area contributed by atoms with Crippen LogP contribution in [-0.4, -0.2) is 18.0 Å². The van der Waals surface area contributed by atoms with Gasteiger partial charge in [0.25, 0.3) is 10.0 Å². The van der Waals surface area contributed by atoms with Crippen LogP contribution in [0.15, 0.2) is 40.2 Å². The summed E-state index contributed by atoms with van der Waals surface area (Å²) in [5.41, 5.74) is 0.374. The third-order valence-corrected chi connectivity index (χ3v) is 5.09. The van der Waals surface area contributed by atoms with E-state index in [0.717, 1.165) is 0 Å². The highest BCUT2D eigenvalue weighted by Crippen LogP contribution is 2.31. The van der Waals surface area contributed by atoms with Gasteiger partial charge in [0.2, 0.25) is 0 Å². The number of nitrogens with one attached hydrogen (secondary N) is 1. The van der Waals surface area contributed by atoms with Gasteiger partial charge < -0.3 is 4.57 Å². The Labute approximate surface area is 124 Å². The Morgan fingerprint density at radius 2 is 2.21 bits per heavy atom. The topological polar surface area (TPSA) is 64.0 Å². The summed E-state index contributed by atoms with van der Waals surface area (Å²) in [5.74, 6) is 0. The lowest BCUT2D eigenvalue weighted by Gasteiger charge is -2.08. The molecule has 1 heterocycles. The highest BCUT2D eigenvalue weighted by Gasteiger charge is 2.19. The molecule has 0 aliphatic carbocycles. The van der Waals surface area contributed by atoms with Crippen molar-refractivity contribution in [2.45, 2.75) is 18.5 Å². The fourth-order valence-corrected chi connectivity index (χ4v) is 3.12. The van der Waals surface area contributed by atoms with Crippen LogP contribution in [0.4, 0.5) is 5.69 Å². The molecule has 2 aromatic rings. The third-order valence-electron chi connectivity index (χ3n) is 2.45. The molecule has 0 saturated heterocycles. The van der Waals surface area contributed by atoms with Crippen molar-refractivity contribution in [2.24, 2.45) is 0 Å². The van der Waals surface area contributed by atoms with Crippen LogP contribution >= 0.6 is 27.5 Å². The van der Waals surface area contributed by atoms with Gasteiger partial charge in [-0.05, 0) is 35.0 Å². The highest BCUT2D eigenvalue weighted by atomic mass is 79.9. The molecule has 0 saturated carbocycles. The van der Waals surface area contributed by atoms with Gasteiger partial charge >= 0.3 is 0 Å². The van der Waals surface area contributed by atoms with E-state index in [0.29, 0.717) is 21.7 Å². The summed E-state index contributed by atoms with van der Waals surface area (Å²) >= 11 is 9.15. The predicted molar refractivity (Wildman–Crippen MR) is 77.9 cm³/mol. The van der Waals surface area contributed by atoms with Crippen LogP contribution < -0.4 is 4.72 Å². The van der Waals surface area contributed by atoms with Crippen LogP contribution in [-0.2, 0) is 16.6 Å². The first kappa shape index (κ1) is 14.4. The third kappa shape index (κ3) is 3.10. The predicted octanol–water partition coefficient (Wildman–Crippen LogP) is 3.12. The number of aromatic nitrogens is 2. The summed E-state index contributed by atoms with van der Waals surface area (Å²) in [7, 11) is -3.71. The monoisotopic (exact) mass is 363 g/mol. The molecule has 5 nitrogen and oxygen atoms in total. The van der Waals surface area contributed by atoms with E-state index >= 15 is 0 Å². The first-order valence-corrected chi connectivity index (χ1v) is 8.08. The summed E-state index contributed by atoms with van der Waals surface area (Å²) in [4.78, 5) is 3.87. The van der Waals surface area contributed by atoms with E-state index in [1.165, 1.54) is 12.5 Å². The average molecular weight is 365 g/mol. The van der Waals surface area contributed by atoms with Crippen molar-refractivity contribution in [1.82, 2.24) is 9.55 Å². The summed E-state index contributed by atoms with van der Waals surface area (Å²) < 4.78 is 28.9. The smallest absolute Gasteiger partial charge is 0.280 e. The lowest BCUT2D eigenvalue weighted by atomic mass is 10.3. The van der Waals surface area contributed by atoms with Gasteiger partial charge in [-0.25, -0.2) is 4.98 Å². The van der Waals surface area contributed by atoms with Crippen molar-refractivity contribution >= 4 is 43.2 Å². The number of halogens is 2. The first-order valence-electron chi connectivity index (χ1n) is 5.42. The second kappa shape index (κ2) is 5.52. The molecule has 0 aliphatic heterocycles. The summed E-state index contributed by atoms with van der Waals surface area (Å²) in [5, 5.41) is 0.403. The molecule has 0 aliphatic rings. The highest BCUT2D eigenvalue weighted by molar-refractivity contribution is 9.10. The van der Waals surface area contributed by atoms with Crippen LogP contribution in [0.25, 0.3) is 0 Å². The summed E-state index contributed by atoms with van der Waals surface area (Å²) in [6.07, 6.45) is 2.95. The fraction of sp³-hybridized carbons (Fsp3) is 0.182. The van der Waals surface area contributed by atoms with Crippen LogP contribution in [0.5, 0.6) is 0 Å². The van der Waals surface area contributed by atoms with Crippen LogP contribution in [0.1, 0.15) is 6.92 Å². The number of anilines is 1. The van der Waals surface area contributed by atoms with Gasteiger partial charge in [-0.1, -0.05) is 17.7 Å². The Bertz CT molecular complexity index is 700. The zero-order chi connectivity index (χ0) is 14.0. The number of nitrogens with zero attached hydrogens (tertiary/aromatic N) is 2. The van der Waals surface area contributed by atoms with Crippen molar-refractivity contribution in [3.05, 3.63) is 40.2 Å². The van der Waals surface area contributed by atoms with Crippen LogP contribution in [0.3, 0.4) is 0 Å². The Balaban J connectivity index is 2.33. The van der Waals surface area contributed by atoms with Crippen molar-refractivity contribution in [1.29, 1.82) is 0 Å². The molecule has 0 radical (unpaired) electrons. The number of benzene rings is 1. The van der Waals surface area contributed by atoms with Gasteiger partial charge in [-0.3, -0.25) is 4.72 Å². The Morgan fingerprint density at radius 1 is 1.47 bits per heavy atom. The lowest BCUT2D eigenvalue weighted by Crippen LogP contribution is -2.13. The van der Waals surface area contributed by atoms with E-state index in [9.17, 15) is 8.42 Å². The minimum atomic E-state index is -3.71. The molecule has 1 N–H and O–H groups in total. The summed E-state index contributed by atoms with van der Waals surface area (Å²) in [6.45, 7) is 2.56. The molecule has 0 atom stereocenters.